The Hall–Kier alpha value is -1.21. The van der Waals surface area contributed by atoms with Crippen molar-refractivity contribution < 1.29 is 71.5 Å². The smallest absolute Gasteiger partial charge is 0.450 e. The third-order valence-corrected chi connectivity index (χ3v) is 4.61. The monoisotopic (exact) mass is 604 g/mol. The zero-order valence-corrected chi connectivity index (χ0v) is 24.6. The van der Waals surface area contributed by atoms with E-state index < -0.39 is 6.16 Å². The van der Waals surface area contributed by atoms with Gasteiger partial charge in [-0.1, -0.05) is 0 Å². The van der Waals surface area contributed by atoms with Gasteiger partial charge in [0.05, 0.1) is 152 Å². The van der Waals surface area contributed by atoms with Crippen molar-refractivity contribution in [3.05, 3.63) is 0 Å². The average Bonchev–Trinajstić information content (AvgIpc) is 2.97. The van der Waals surface area contributed by atoms with E-state index in [0.717, 1.165) is 0 Å². The van der Waals surface area contributed by atoms with Crippen LogP contribution in [0.1, 0.15) is 0 Å². The number of ether oxygens (including phenoxy) is 13. The van der Waals surface area contributed by atoms with Gasteiger partial charge in [0.25, 0.3) is 0 Å². The molecule has 15 nitrogen and oxygen atoms in total. The summed E-state index contributed by atoms with van der Waals surface area (Å²) in [5.74, 6) is 0. The van der Waals surface area contributed by atoms with Crippen molar-refractivity contribution in [3.63, 3.8) is 0 Å². The predicted octanol–water partition coefficient (Wildman–Crippen LogP) is 0.510. The first-order valence-corrected chi connectivity index (χ1v) is 14.0. The lowest BCUT2D eigenvalue weighted by Crippen LogP contribution is -2.15. The molecule has 0 unspecified atom stereocenters. The molecule has 0 saturated carbocycles. The summed E-state index contributed by atoms with van der Waals surface area (Å²) in [6.45, 7) is 11.1. The molecule has 246 valence electrons. The molecule has 0 rings (SSSR count). The zero-order chi connectivity index (χ0) is 29.7. The van der Waals surface area contributed by atoms with E-state index in [0.29, 0.717) is 145 Å². The number of rotatable bonds is 36. The molecule has 1 N–H and O–H groups in total. The fourth-order valence-corrected chi connectivity index (χ4v) is 2.63. The van der Waals surface area contributed by atoms with Crippen molar-refractivity contribution in [1.29, 1.82) is 0 Å². The molecule has 0 aliphatic rings. The van der Waals surface area contributed by atoms with Crippen LogP contribution in [-0.2, 0) is 61.6 Å². The molecule has 0 radical (unpaired) electrons. The molecule has 15 heteroatoms. The first-order chi connectivity index (χ1) is 20.3. The molecule has 0 amide bonds. The van der Waals surface area contributed by atoms with Crippen LogP contribution in [0.2, 0.25) is 0 Å². The fraction of sp³-hybridized carbons (Fsp3) is 0.962. The van der Waals surface area contributed by atoms with Crippen molar-refractivity contribution in [1.82, 2.24) is 0 Å². The normalized spacial score (nSPS) is 11.3. The Labute approximate surface area is 243 Å². The quantitative estimate of drug-likeness (QED) is 0.0778. The Morgan fingerprint density at radius 2 is 0.512 bits per heavy atom. The number of hydrogen-bond donors (Lipinski definition) is 1. The number of carbonyl (C=O) groups is 1. The molecule has 0 aromatic carbocycles. The van der Waals surface area contributed by atoms with Crippen molar-refractivity contribution in [2.75, 3.05) is 166 Å². The van der Waals surface area contributed by atoms with Gasteiger partial charge < -0.3 is 66.7 Å². The molecule has 0 aliphatic carbocycles. The van der Waals surface area contributed by atoms with E-state index in [1.807, 2.05) is 0 Å². The Kier molecular flexibility index (Phi) is 35.7. The maximum atomic E-state index is 10.1. The average molecular weight is 605 g/mol. The standard InChI is InChI=1S/C26H52O15/c1-29-2-3-30-4-5-31-6-7-32-8-9-33-10-11-34-12-13-35-14-15-36-16-17-37-18-19-38-20-21-39-22-23-40-24-25-41-26(27)28/h2-25H2,1H3,(H,27,28). The van der Waals surface area contributed by atoms with Gasteiger partial charge in [0.2, 0.25) is 0 Å². The van der Waals surface area contributed by atoms with Crippen LogP contribution in [0, 0.1) is 0 Å². The summed E-state index contributed by atoms with van der Waals surface area (Å²) in [5.41, 5.74) is 0. The molecule has 0 fully saturated rings. The first kappa shape index (κ1) is 39.8. The van der Waals surface area contributed by atoms with Gasteiger partial charge in [0.15, 0.2) is 0 Å². The van der Waals surface area contributed by atoms with Gasteiger partial charge in [-0.15, -0.1) is 0 Å². The molecule has 0 aromatic heterocycles. The van der Waals surface area contributed by atoms with Gasteiger partial charge >= 0.3 is 6.16 Å². The summed E-state index contributed by atoms with van der Waals surface area (Å²) in [5, 5.41) is 8.29. The number of carboxylic acid groups (broad SMARTS) is 1. The minimum atomic E-state index is -1.31. The van der Waals surface area contributed by atoms with Gasteiger partial charge in [0, 0.05) is 7.11 Å². The molecule has 0 bridgehead atoms. The maximum Gasteiger partial charge on any atom is 0.505 e. The lowest BCUT2D eigenvalue weighted by Gasteiger charge is -2.09. The van der Waals surface area contributed by atoms with E-state index in [-0.39, 0.29) is 13.2 Å². The molecular formula is C26H52O15. The summed E-state index contributed by atoms with van der Waals surface area (Å²) in [6.07, 6.45) is -1.31. The highest BCUT2D eigenvalue weighted by Gasteiger charge is 1.97. The topological polar surface area (TPSA) is 157 Å². The molecule has 0 spiro atoms. The number of methoxy groups -OCH3 is 1. The molecule has 0 saturated heterocycles. The zero-order valence-electron chi connectivity index (χ0n) is 24.6. The highest BCUT2D eigenvalue weighted by atomic mass is 16.7. The molecule has 0 aromatic rings. The summed E-state index contributed by atoms with van der Waals surface area (Å²) in [4.78, 5) is 10.1. The molecule has 0 aliphatic heterocycles. The van der Waals surface area contributed by atoms with E-state index in [4.69, 9.17) is 61.9 Å². The molecule has 0 heterocycles. The Bertz CT molecular complexity index is 502. The largest absolute Gasteiger partial charge is 0.505 e. The molecule has 0 atom stereocenters. The van der Waals surface area contributed by atoms with Gasteiger partial charge in [-0.3, -0.25) is 0 Å². The summed E-state index contributed by atoms with van der Waals surface area (Å²) >= 11 is 0. The van der Waals surface area contributed by atoms with E-state index in [2.05, 4.69) is 4.74 Å². The highest BCUT2D eigenvalue weighted by molar-refractivity contribution is 5.56. The summed E-state index contributed by atoms with van der Waals surface area (Å²) < 4.78 is 68.3. The van der Waals surface area contributed by atoms with Crippen LogP contribution in [-0.4, -0.2) is 177 Å². The van der Waals surface area contributed by atoms with Crippen LogP contribution in [0.4, 0.5) is 4.79 Å². The second-order valence-electron chi connectivity index (χ2n) is 7.84. The fourth-order valence-electron chi connectivity index (χ4n) is 2.63. The third kappa shape index (κ3) is 38.8. The van der Waals surface area contributed by atoms with Crippen molar-refractivity contribution in [2.24, 2.45) is 0 Å². The first-order valence-electron chi connectivity index (χ1n) is 14.0. The van der Waals surface area contributed by atoms with Gasteiger partial charge in [-0.2, -0.15) is 0 Å². The van der Waals surface area contributed by atoms with Crippen LogP contribution in [0.5, 0.6) is 0 Å². The second kappa shape index (κ2) is 36.8. The Balaban J connectivity index is 3.03. The maximum absolute atomic E-state index is 10.1. The summed E-state index contributed by atoms with van der Waals surface area (Å²) in [7, 11) is 1.64. The van der Waals surface area contributed by atoms with Gasteiger partial charge in [-0.05, 0) is 0 Å². The summed E-state index contributed by atoms with van der Waals surface area (Å²) in [6, 6.07) is 0. The predicted molar refractivity (Wildman–Crippen MR) is 145 cm³/mol. The van der Waals surface area contributed by atoms with Crippen molar-refractivity contribution >= 4 is 6.16 Å². The van der Waals surface area contributed by atoms with E-state index >= 15 is 0 Å². The number of hydrogen-bond acceptors (Lipinski definition) is 14. The minimum Gasteiger partial charge on any atom is -0.450 e. The molecular weight excluding hydrogens is 552 g/mol. The van der Waals surface area contributed by atoms with Crippen molar-refractivity contribution in [2.45, 2.75) is 0 Å². The van der Waals surface area contributed by atoms with Crippen LogP contribution in [0.15, 0.2) is 0 Å². The Morgan fingerprint density at radius 1 is 0.341 bits per heavy atom. The lowest BCUT2D eigenvalue weighted by molar-refractivity contribution is -0.0285. The minimum absolute atomic E-state index is 0.00834. The van der Waals surface area contributed by atoms with Gasteiger partial charge in [0.1, 0.15) is 6.61 Å². The van der Waals surface area contributed by atoms with Crippen LogP contribution in [0.25, 0.3) is 0 Å². The SMILES string of the molecule is COCCOCCOCCOCCOCCOCCOCCOCCOCCOCCOCCOCCOC(=O)O. The van der Waals surface area contributed by atoms with Crippen LogP contribution >= 0.6 is 0 Å². The van der Waals surface area contributed by atoms with E-state index in [1.54, 1.807) is 7.11 Å². The Morgan fingerprint density at radius 3 is 0.683 bits per heavy atom. The van der Waals surface area contributed by atoms with E-state index in [9.17, 15) is 4.79 Å². The highest BCUT2D eigenvalue weighted by Crippen LogP contribution is 1.87. The second-order valence-corrected chi connectivity index (χ2v) is 7.84. The lowest BCUT2D eigenvalue weighted by atomic mass is 10.6. The molecule has 41 heavy (non-hydrogen) atoms. The van der Waals surface area contributed by atoms with E-state index in [1.165, 1.54) is 0 Å². The van der Waals surface area contributed by atoms with Crippen LogP contribution in [0.3, 0.4) is 0 Å². The van der Waals surface area contributed by atoms with Gasteiger partial charge in [-0.25, -0.2) is 4.79 Å². The third-order valence-electron chi connectivity index (χ3n) is 4.61. The van der Waals surface area contributed by atoms with Crippen LogP contribution < -0.4 is 0 Å². The van der Waals surface area contributed by atoms with Crippen molar-refractivity contribution in [3.8, 4) is 0 Å².